The second-order valence-electron chi connectivity index (χ2n) is 5.57. The van der Waals surface area contributed by atoms with Crippen LogP contribution >= 0.6 is 0 Å². The van der Waals surface area contributed by atoms with Crippen LogP contribution in [0, 0.1) is 11.6 Å². The van der Waals surface area contributed by atoms with Gasteiger partial charge in [0.1, 0.15) is 11.6 Å². The van der Waals surface area contributed by atoms with Gasteiger partial charge in [-0.25, -0.2) is 17.2 Å². The van der Waals surface area contributed by atoms with Gasteiger partial charge in [0, 0.05) is 11.3 Å². The van der Waals surface area contributed by atoms with Gasteiger partial charge in [0.05, 0.1) is 10.6 Å². The van der Waals surface area contributed by atoms with Crippen molar-refractivity contribution in [3.05, 3.63) is 90.0 Å². The normalized spacial score (nSPS) is 11.0. The second-order valence-corrected chi connectivity index (χ2v) is 7.26. The van der Waals surface area contributed by atoms with Gasteiger partial charge in [-0.2, -0.15) is 0 Å². The van der Waals surface area contributed by atoms with E-state index in [-0.39, 0.29) is 21.8 Å². The van der Waals surface area contributed by atoms with Crippen LogP contribution in [0.4, 0.5) is 20.2 Å². The molecule has 1 amide bonds. The Labute approximate surface area is 154 Å². The summed E-state index contributed by atoms with van der Waals surface area (Å²) >= 11 is 0. The summed E-state index contributed by atoms with van der Waals surface area (Å²) in [5, 5.41) is 2.54. The molecule has 0 unspecified atom stereocenters. The van der Waals surface area contributed by atoms with Crippen molar-refractivity contribution in [1.29, 1.82) is 0 Å². The van der Waals surface area contributed by atoms with Gasteiger partial charge in [-0.1, -0.05) is 18.2 Å². The molecule has 0 radical (unpaired) electrons. The number of sulfonamides is 1. The Morgan fingerprint density at radius 1 is 0.852 bits per heavy atom. The van der Waals surface area contributed by atoms with Gasteiger partial charge in [-0.15, -0.1) is 0 Å². The highest BCUT2D eigenvalue weighted by molar-refractivity contribution is 7.92. The number of amides is 1. The van der Waals surface area contributed by atoms with Crippen LogP contribution in [0.15, 0.2) is 77.7 Å². The van der Waals surface area contributed by atoms with E-state index in [9.17, 15) is 22.0 Å². The Morgan fingerprint density at radius 3 is 2.26 bits per heavy atom. The van der Waals surface area contributed by atoms with Gasteiger partial charge in [-0.3, -0.25) is 9.52 Å². The summed E-state index contributed by atoms with van der Waals surface area (Å²) in [7, 11) is -4.06. The number of anilines is 2. The number of para-hydroxylation sites is 1. The number of hydrogen-bond donors (Lipinski definition) is 2. The highest BCUT2D eigenvalue weighted by Crippen LogP contribution is 2.21. The summed E-state index contributed by atoms with van der Waals surface area (Å²) in [4.78, 5) is 12.0. The minimum Gasteiger partial charge on any atom is -0.322 e. The number of benzene rings is 3. The highest BCUT2D eigenvalue weighted by atomic mass is 32.2. The zero-order valence-corrected chi connectivity index (χ0v) is 14.6. The summed E-state index contributed by atoms with van der Waals surface area (Å²) in [6.45, 7) is 0. The standard InChI is InChI=1S/C19H14F2N2O3S/c20-14-10-8-13(9-11-14)19(24)22-15-4-3-5-16(12-15)27(25,26)23-18-7-2-1-6-17(18)21/h1-12,23H,(H,22,24). The van der Waals surface area contributed by atoms with Crippen molar-refractivity contribution in [3.8, 4) is 0 Å². The molecule has 0 aliphatic rings. The fraction of sp³-hybridized carbons (Fsp3) is 0. The molecule has 138 valence electrons. The van der Waals surface area contributed by atoms with Crippen molar-refractivity contribution in [2.75, 3.05) is 10.0 Å². The lowest BCUT2D eigenvalue weighted by atomic mass is 10.2. The number of halogens is 2. The Morgan fingerprint density at radius 2 is 1.56 bits per heavy atom. The minimum atomic E-state index is -4.06. The number of nitrogens with one attached hydrogen (secondary N) is 2. The zero-order valence-electron chi connectivity index (χ0n) is 13.8. The molecule has 0 aromatic heterocycles. The lowest BCUT2D eigenvalue weighted by Crippen LogP contribution is -2.15. The van der Waals surface area contributed by atoms with E-state index in [0.29, 0.717) is 0 Å². The first kappa shape index (κ1) is 18.5. The maximum atomic E-state index is 13.7. The lowest BCUT2D eigenvalue weighted by molar-refractivity contribution is 0.102. The maximum absolute atomic E-state index is 13.7. The van der Waals surface area contributed by atoms with Gasteiger partial charge >= 0.3 is 0 Å². The number of carbonyl (C=O) groups is 1. The van der Waals surface area contributed by atoms with Crippen molar-refractivity contribution < 1.29 is 22.0 Å². The summed E-state index contributed by atoms with van der Waals surface area (Å²) in [6.07, 6.45) is 0. The molecule has 0 atom stereocenters. The first-order chi connectivity index (χ1) is 12.8. The molecular weight excluding hydrogens is 374 g/mol. The maximum Gasteiger partial charge on any atom is 0.262 e. The largest absolute Gasteiger partial charge is 0.322 e. The van der Waals surface area contributed by atoms with Crippen LogP contribution in [0.25, 0.3) is 0 Å². The second kappa shape index (κ2) is 7.55. The first-order valence-corrected chi connectivity index (χ1v) is 9.28. The van der Waals surface area contributed by atoms with Crippen LogP contribution < -0.4 is 10.0 Å². The molecule has 8 heteroatoms. The zero-order chi connectivity index (χ0) is 19.4. The van der Waals surface area contributed by atoms with Crippen molar-refractivity contribution in [2.24, 2.45) is 0 Å². The first-order valence-electron chi connectivity index (χ1n) is 7.79. The fourth-order valence-electron chi connectivity index (χ4n) is 2.29. The average Bonchev–Trinajstić information content (AvgIpc) is 2.64. The number of hydrogen-bond acceptors (Lipinski definition) is 3. The quantitative estimate of drug-likeness (QED) is 0.693. The lowest BCUT2D eigenvalue weighted by Gasteiger charge is -2.11. The fourth-order valence-corrected chi connectivity index (χ4v) is 3.41. The summed E-state index contributed by atoms with van der Waals surface area (Å²) in [5.41, 5.74) is 0.258. The summed E-state index contributed by atoms with van der Waals surface area (Å²) < 4.78 is 53.7. The van der Waals surface area contributed by atoms with E-state index in [4.69, 9.17) is 0 Å². The summed E-state index contributed by atoms with van der Waals surface area (Å²) in [5.74, 6) is -1.70. The van der Waals surface area contributed by atoms with E-state index < -0.39 is 27.6 Å². The van der Waals surface area contributed by atoms with E-state index in [0.717, 1.165) is 18.2 Å². The Bertz CT molecular complexity index is 1080. The van der Waals surface area contributed by atoms with Gasteiger partial charge in [0.25, 0.3) is 15.9 Å². The third-order valence-electron chi connectivity index (χ3n) is 3.63. The van der Waals surface area contributed by atoms with E-state index in [1.54, 1.807) is 0 Å². The molecule has 27 heavy (non-hydrogen) atoms. The van der Waals surface area contributed by atoms with Crippen molar-refractivity contribution in [1.82, 2.24) is 0 Å². The molecule has 0 saturated carbocycles. The highest BCUT2D eigenvalue weighted by Gasteiger charge is 2.17. The Hall–Kier alpha value is -3.26. The van der Waals surface area contributed by atoms with E-state index >= 15 is 0 Å². The average molecular weight is 388 g/mol. The summed E-state index contributed by atoms with van der Waals surface area (Å²) in [6, 6.07) is 15.8. The minimum absolute atomic E-state index is 0.150. The predicted molar refractivity (Wildman–Crippen MR) is 98.0 cm³/mol. The van der Waals surface area contributed by atoms with Crippen molar-refractivity contribution in [2.45, 2.75) is 4.90 Å². The number of carbonyl (C=O) groups excluding carboxylic acids is 1. The van der Waals surface area contributed by atoms with E-state index in [1.807, 2.05) is 0 Å². The van der Waals surface area contributed by atoms with Gasteiger partial charge in [-0.05, 0) is 54.6 Å². The van der Waals surface area contributed by atoms with Crippen LogP contribution in [0.5, 0.6) is 0 Å². The van der Waals surface area contributed by atoms with E-state index in [2.05, 4.69) is 10.0 Å². The Kier molecular flexibility index (Phi) is 5.18. The molecule has 3 aromatic carbocycles. The predicted octanol–water partition coefficient (Wildman–Crippen LogP) is 4.02. The van der Waals surface area contributed by atoms with Crippen molar-refractivity contribution in [3.63, 3.8) is 0 Å². The van der Waals surface area contributed by atoms with Crippen LogP contribution in [-0.4, -0.2) is 14.3 Å². The Balaban J connectivity index is 1.81. The monoisotopic (exact) mass is 388 g/mol. The SMILES string of the molecule is O=C(Nc1cccc(S(=O)(=O)Nc2ccccc2F)c1)c1ccc(F)cc1. The topological polar surface area (TPSA) is 75.3 Å². The third kappa shape index (κ3) is 4.48. The van der Waals surface area contributed by atoms with Gasteiger partial charge < -0.3 is 5.32 Å². The molecule has 3 rings (SSSR count). The van der Waals surface area contributed by atoms with Gasteiger partial charge in [0.15, 0.2) is 0 Å². The molecule has 5 nitrogen and oxygen atoms in total. The van der Waals surface area contributed by atoms with Crippen LogP contribution in [0.3, 0.4) is 0 Å². The third-order valence-corrected chi connectivity index (χ3v) is 4.99. The molecule has 0 bridgehead atoms. The molecule has 2 N–H and O–H groups in total. The molecule has 0 aliphatic heterocycles. The molecule has 0 fully saturated rings. The van der Waals surface area contributed by atoms with Crippen LogP contribution in [0.1, 0.15) is 10.4 Å². The van der Waals surface area contributed by atoms with E-state index in [1.165, 1.54) is 54.6 Å². The van der Waals surface area contributed by atoms with Crippen LogP contribution in [-0.2, 0) is 10.0 Å². The van der Waals surface area contributed by atoms with Crippen LogP contribution in [0.2, 0.25) is 0 Å². The number of rotatable bonds is 5. The molecule has 0 spiro atoms. The molecule has 0 heterocycles. The van der Waals surface area contributed by atoms with Gasteiger partial charge in [0.2, 0.25) is 0 Å². The molecular formula is C19H14F2N2O3S. The molecule has 3 aromatic rings. The molecule has 0 aliphatic carbocycles. The van der Waals surface area contributed by atoms with Crippen molar-refractivity contribution >= 4 is 27.3 Å². The molecule has 0 saturated heterocycles. The smallest absolute Gasteiger partial charge is 0.262 e.